The summed E-state index contributed by atoms with van der Waals surface area (Å²) >= 11 is 0. The predicted octanol–water partition coefficient (Wildman–Crippen LogP) is 1.66. The number of nitrogen functional groups attached to an aromatic ring is 1. The van der Waals surface area contributed by atoms with E-state index in [0.29, 0.717) is 0 Å². The fourth-order valence-corrected chi connectivity index (χ4v) is 0.885. The molecule has 3 nitrogen and oxygen atoms in total. The van der Waals surface area contributed by atoms with Crippen LogP contribution in [0.15, 0.2) is 6.20 Å². The molecule has 1 aromatic rings. The van der Waals surface area contributed by atoms with E-state index in [1.807, 2.05) is 0 Å². The number of halogens is 5. The smallest absolute Gasteiger partial charge is 0.396 e. The lowest BCUT2D eigenvalue weighted by Gasteiger charge is -2.17. The van der Waals surface area contributed by atoms with Gasteiger partial charge in [0.2, 0.25) is 0 Å². The summed E-state index contributed by atoms with van der Waals surface area (Å²) in [6.45, 7) is 0. The quantitative estimate of drug-likeness (QED) is 0.724. The van der Waals surface area contributed by atoms with E-state index in [0.717, 1.165) is 10.9 Å². The van der Waals surface area contributed by atoms with Crippen molar-refractivity contribution in [3.63, 3.8) is 0 Å². The fourth-order valence-electron chi connectivity index (χ4n) is 0.885. The molecule has 0 bridgehead atoms. The molecule has 0 saturated carbocycles. The van der Waals surface area contributed by atoms with E-state index in [9.17, 15) is 22.0 Å². The first-order valence-electron chi connectivity index (χ1n) is 3.40. The minimum absolute atomic E-state index is 0.685. The van der Waals surface area contributed by atoms with Gasteiger partial charge in [0, 0.05) is 13.2 Å². The van der Waals surface area contributed by atoms with Crippen LogP contribution in [-0.4, -0.2) is 16.0 Å². The maximum absolute atomic E-state index is 12.7. The van der Waals surface area contributed by atoms with Crippen molar-refractivity contribution in [2.45, 2.75) is 12.1 Å². The number of rotatable bonds is 1. The molecular formula is C6H6F5N3. The van der Waals surface area contributed by atoms with Gasteiger partial charge in [-0.25, -0.2) is 0 Å². The van der Waals surface area contributed by atoms with Gasteiger partial charge in [0.25, 0.3) is 0 Å². The van der Waals surface area contributed by atoms with Crippen LogP contribution < -0.4 is 5.73 Å². The zero-order chi connectivity index (χ0) is 11.1. The third kappa shape index (κ3) is 1.51. The van der Waals surface area contributed by atoms with Crippen LogP contribution in [0.4, 0.5) is 27.6 Å². The molecule has 0 atom stereocenters. The summed E-state index contributed by atoms with van der Waals surface area (Å²) in [5.41, 5.74) is 2.81. The van der Waals surface area contributed by atoms with Crippen molar-refractivity contribution in [2.75, 3.05) is 5.73 Å². The zero-order valence-corrected chi connectivity index (χ0v) is 6.94. The summed E-state index contributed by atoms with van der Waals surface area (Å²) in [5.74, 6) is -5.02. The van der Waals surface area contributed by atoms with Gasteiger partial charge in [-0.3, -0.25) is 4.68 Å². The van der Waals surface area contributed by atoms with E-state index in [-0.39, 0.29) is 0 Å². The maximum atomic E-state index is 12.7. The fraction of sp³-hybridized carbons (Fsp3) is 0.500. The first kappa shape index (κ1) is 10.7. The van der Waals surface area contributed by atoms with E-state index < -0.39 is 23.5 Å². The number of nitrogens with zero attached hydrogens (tertiary/aromatic N) is 2. The SMILES string of the molecule is Cn1cc(N)c(C(F)(F)C(F)(F)F)n1. The number of alkyl halides is 5. The van der Waals surface area contributed by atoms with Crippen LogP contribution in [0.3, 0.4) is 0 Å². The number of anilines is 1. The topological polar surface area (TPSA) is 43.8 Å². The van der Waals surface area contributed by atoms with Crippen LogP contribution in [0, 0.1) is 0 Å². The molecule has 1 rings (SSSR count). The Balaban J connectivity index is 3.22. The number of hydrogen-bond donors (Lipinski definition) is 1. The van der Waals surface area contributed by atoms with Gasteiger partial charge in [-0.1, -0.05) is 0 Å². The number of aryl methyl sites for hydroxylation is 1. The highest BCUT2D eigenvalue weighted by Gasteiger charge is 2.61. The Morgan fingerprint density at radius 2 is 1.79 bits per heavy atom. The van der Waals surface area contributed by atoms with Crippen LogP contribution >= 0.6 is 0 Å². The Bertz CT molecular complexity index is 340. The predicted molar refractivity (Wildman–Crippen MR) is 37.6 cm³/mol. The van der Waals surface area contributed by atoms with Gasteiger partial charge in [0.05, 0.1) is 5.69 Å². The van der Waals surface area contributed by atoms with Gasteiger partial charge in [0.1, 0.15) is 0 Å². The highest BCUT2D eigenvalue weighted by atomic mass is 19.4. The molecule has 0 saturated heterocycles. The first-order chi connectivity index (χ1) is 6.16. The highest BCUT2D eigenvalue weighted by Crippen LogP contribution is 2.44. The van der Waals surface area contributed by atoms with Crippen LogP contribution in [0.5, 0.6) is 0 Å². The Labute approximate surface area is 75.3 Å². The molecule has 0 radical (unpaired) electrons. The lowest BCUT2D eigenvalue weighted by atomic mass is 10.2. The van der Waals surface area contributed by atoms with Gasteiger partial charge < -0.3 is 5.73 Å². The zero-order valence-electron chi connectivity index (χ0n) is 6.94. The third-order valence-electron chi connectivity index (χ3n) is 1.51. The van der Waals surface area contributed by atoms with Crippen LogP contribution in [0.2, 0.25) is 0 Å². The maximum Gasteiger partial charge on any atom is 0.459 e. The third-order valence-corrected chi connectivity index (χ3v) is 1.51. The van der Waals surface area contributed by atoms with Crippen molar-refractivity contribution in [3.8, 4) is 0 Å². The molecule has 14 heavy (non-hydrogen) atoms. The van der Waals surface area contributed by atoms with E-state index in [2.05, 4.69) is 5.10 Å². The van der Waals surface area contributed by atoms with Crippen LogP contribution in [0.25, 0.3) is 0 Å². The lowest BCUT2D eigenvalue weighted by molar-refractivity contribution is -0.290. The van der Waals surface area contributed by atoms with E-state index in [4.69, 9.17) is 5.73 Å². The largest absolute Gasteiger partial charge is 0.459 e. The Kier molecular flexibility index (Phi) is 2.17. The minimum atomic E-state index is -5.69. The van der Waals surface area contributed by atoms with Crippen molar-refractivity contribution in [3.05, 3.63) is 11.9 Å². The van der Waals surface area contributed by atoms with Gasteiger partial charge in [0.15, 0.2) is 5.69 Å². The summed E-state index contributed by atoms with van der Waals surface area (Å²) in [6.07, 6.45) is -4.80. The standard InChI is InChI=1S/C6H6F5N3/c1-14-2-3(12)4(13-14)5(7,8)6(9,10)11/h2H,12H2,1H3. The summed E-state index contributed by atoms with van der Waals surface area (Å²) in [7, 11) is 1.20. The molecule has 80 valence electrons. The molecule has 1 aromatic heterocycles. The lowest BCUT2D eigenvalue weighted by Crippen LogP contribution is -2.34. The monoisotopic (exact) mass is 215 g/mol. The Hall–Kier alpha value is -1.34. The van der Waals surface area contributed by atoms with E-state index >= 15 is 0 Å². The molecule has 0 fully saturated rings. The van der Waals surface area contributed by atoms with Gasteiger partial charge in [-0.05, 0) is 0 Å². The van der Waals surface area contributed by atoms with E-state index in [1.165, 1.54) is 7.05 Å². The van der Waals surface area contributed by atoms with Gasteiger partial charge in [-0.2, -0.15) is 27.1 Å². The van der Waals surface area contributed by atoms with E-state index in [1.54, 1.807) is 0 Å². The van der Waals surface area contributed by atoms with Crippen molar-refractivity contribution in [1.29, 1.82) is 0 Å². The highest BCUT2D eigenvalue weighted by molar-refractivity contribution is 5.43. The summed E-state index contributed by atoms with van der Waals surface area (Å²) in [6, 6.07) is 0. The molecular weight excluding hydrogens is 209 g/mol. The number of aromatic nitrogens is 2. The van der Waals surface area contributed by atoms with Crippen molar-refractivity contribution < 1.29 is 22.0 Å². The molecule has 0 unspecified atom stereocenters. The van der Waals surface area contributed by atoms with Crippen molar-refractivity contribution in [1.82, 2.24) is 9.78 Å². The molecule has 1 heterocycles. The van der Waals surface area contributed by atoms with Crippen molar-refractivity contribution in [2.24, 2.45) is 7.05 Å². The Morgan fingerprint density at radius 3 is 2.07 bits per heavy atom. The Morgan fingerprint density at radius 1 is 1.29 bits per heavy atom. The van der Waals surface area contributed by atoms with Crippen LogP contribution in [-0.2, 0) is 13.0 Å². The average molecular weight is 215 g/mol. The molecule has 0 aliphatic heterocycles. The molecule has 0 amide bonds. The van der Waals surface area contributed by atoms with Gasteiger partial charge >= 0.3 is 12.1 Å². The van der Waals surface area contributed by atoms with Crippen molar-refractivity contribution >= 4 is 5.69 Å². The molecule has 0 spiro atoms. The minimum Gasteiger partial charge on any atom is -0.396 e. The van der Waals surface area contributed by atoms with Crippen LogP contribution in [0.1, 0.15) is 5.69 Å². The second kappa shape index (κ2) is 2.82. The second-order valence-electron chi connectivity index (χ2n) is 2.68. The molecule has 8 heteroatoms. The second-order valence-corrected chi connectivity index (χ2v) is 2.68. The summed E-state index contributed by atoms with van der Waals surface area (Å²) in [5, 5.41) is 2.97. The summed E-state index contributed by atoms with van der Waals surface area (Å²) in [4.78, 5) is 0. The number of nitrogens with two attached hydrogens (primary N) is 1. The average Bonchev–Trinajstić information content (AvgIpc) is 2.27. The first-order valence-corrected chi connectivity index (χ1v) is 3.40. The molecule has 2 N–H and O–H groups in total. The van der Waals surface area contributed by atoms with Gasteiger partial charge in [-0.15, -0.1) is 0 Å². The normalized spacial score (nSPS) is 13.3. The molecule has 0 aliphatic carbocycles. The summed E-state index contributed by atoms with van der Waals surface area (Å²) < 4.78 is 61.7. The molecule has 0 aliphatic rings. The molecule has 0 aromatic carbocycles. The number of hydrogen-bond acceptors (Lipinski definition) is 2.